The van der Waals surface area contributed by atoms with Crippen LogP contribution in [0.1, 0.15) is 33.3 Å². The van der Waals surface area contributed by atoms with E-state index in [0.717, 1.165) is 11.1 Å². The topological polar surface area (TPSA) is 23.9 Å². The van der Waals surface area contributed by atoms with E-state index in [0.29, 0.717) is 0 Å². The summed E-state index contributed by atoms with van der Waals surface area (Å²) < 4.78 is 0. The fourth-order valence-electron chi connectivity index (χ4n) is 0.985. The molecule has 1 N–H and O–H groups in total. The van der Waals surface area contributed by atoms with Crippen LogP contribution in [-0.2, 0) is 0 Å². The van der Waals surface area contributed by atoms with Crippen LogP contribution in [0.3, 0.4) is 0 Å². The highest BCUT2D eigenvalue weighted by Crippen LogP contribution is 2.10. The van der Waals surface area contributed by atoms with Crippen molar-refractivity contribution in [3.05, 3.63) is 54.6 Å². The largest absolute Gasteiger partial charge is 0.308 e. The summed E-state index contributed by atoms with van der Waals surface area (Å²) in [5, 5.41) is 7.16. The Labute approximate surface area is 100 Å². The zero-order valence-corrected chi connectivity index (χ0v) is 10.8. The van der Waals surface area contributed by atoms with Gasteiger partial charge in [-0.05, 0) is 11.1 Å². The Bertz CT molecular complexity index is 296. The van der Waals surface area contributed by atoms with E-state index in [4.69, 9.17) is 5.41 Å². The molecular formula is C15H23N. The van der Waals surface area contributed by atoms with Crippen LogP contribution in [0.25, 0.3) is 5.57 Å². The van der Waals surface area contributed by atoms with Crippen molar-refractivity contribution in [1.29, 1.82) is 5.41 Å². The second kappa shape index (κ2) is 13.4. The van der Waals surface area contributed by atoms with E-state index >= 15 is 0 Å². The van der Waals surface area contributed by atoms with Gasteiger partial charge in [0.05, 0.1) is 0 Å². The first kappa shape index (κ1) is 16.8. The second-order valence-electron chi connectivity index (χ2n) is 2.37. The van der Waals surface area contributed by atoms with Gasteiger partial charge in [0, 0.05) is 6.21 Å². The highest BCUT2D eigenvalue weighted by Gasteiger charge is 1.93. The van der Waals surface area contributed by atoms with E-state index in [2.05, 4.69) is 6.58 Å². The summed E-state index contributed by atoms with van der Waals surface area (Å²) in [5.74, 6) is 0. The molecule has 88 valence electrons. The SMILES string of the molecule is C=C/C=C(\C=N)c1ccccc1.CC.CC. The Hall–Kier alpha value is -1.63. The van der Waals surface area contributed by atoms with Crippen LogP contribution in [0.5, 0.6) is 0 Å². The zero-order chi connectivity index (χ0) is 12.8. The second-order valence-corrected chi connectivity index (χ2v) is 2.37. The Kier molecular flexibility index (Phi) is 14.0. The van der Waals surface area contributed by atoms with Gasteiger partial charge in [-0.1, -0.05) is 76.8 Å². The van der Waals surface area contributed by atoms with Crippen LogP contribution >= 0.6 is 0 Å². The lowest BCUT2D eigenvalue weighted by Crippen LogP contribution is -1.82. The predicted octanol–water partition coefficient (Wildman–Crippen LogP) is 4.96. The fourth-order valence-corrected chi connectivity index (χ4v) is 0.985. The van der Waals surface area contributed by atoms with Crippen LogP contribution in [-0.4, -0.2) is 6.21 Å². The van der Waals surface area contributed by atoms with Gasteiger partial charge in [0.25, 0.3) is 0 Å². The quantitative estimate of drug-likeness (QED) is 0.546. The third-order valence-electron chi connectivity index (χ3n) is 1.56. The van der Waals surface area contributed by atoms with Gasteiger partial charge in [-0.2, -0.15) is 0 Å². The first-order valence-corrected chi connectivity index (χ1v) is 5.77. The Balaban J connectivity index is 0. The van der Waals surface area contributed by atoms with Crippen molar-refractivity contribution in [3.8, 4) is 0 Å². The molecule has 1 nitrogen and oxygen atoms in total. The van der Waals surface area contributed by atoms with Crippen molar-refractivity contribution in [1.82, 2.24) is 0 Å². The number of rotatable bonds is 3. The Morgan fingerprint density at radius 3 is 1.94 bits per heavy atom. The summed E-state index contributed by atoms with van der Waals surface area (Å²) >= 11 is 0. The molecule has 0 amide bonds. The fraction of sp³-hybridized carbons (Fsp3) is 0.267. The third kappa shape index (κ3) is 6.77. The lowest BCUT2D eigenvalue weighted by molar-refractivity contribution is 1.50. The summed E-state index contributed by atoms with van der Waals surface area (Å²) in [6.07, 6.45) is 4.84. The minimum Gasteiger partial charge on any atom is -0.308 e. The maximum Gasteiger partial charge on any atom is 0.0256 e. The van der Waals surface area contributed by atoms with Crippen LogP contribution < -0.4 is 0 Å². The summed E-state index contributed by atoms with van der Waals surface area (Å²) in [6, 6.07) is 9.81. The molecule has 0 fully saturated rings. The Morgan fingerprint density at radius 1 is 1.06 bits per heavy atom. The van der Waals surface area contributed by atoms with E-state index in [1.54, 1.807) is 6.08 Å². The molecule has 0 heterocycles. The third-order valence-corrected chi connectivity index (χ3v) is 1.56. The molecule has 0 aliphatic rings. The molecule has 0 aliphatic heterocycles. The minimum absolute atomic E-state index is 0.880. The maximum absolute atomic E-state index is 7.16. The lowest BCUT2D eigenvalue weighted by Gasteiger charge is -1.98. The van der Waals surface area contributed by atoms with Crippen molar-refractivity contribution >= 4 is 11.8 Å². The molecule has 1 aromatic carbocycles. The molecule has 0 atom stereocenters. The van der Waals surface area contributed by atoms with Gasteiger partial charge in [0.2, 0.25) is 0 Å². The molecule has 0 spiro atoms. The van der Waals surface area contributed by atoms with Crippen molar-refractivity contribution in [2.24, 2.45) is 0 Å². The number of benzene rings is 1. The summed E-state index contributed by atoms with van der Waals surface area (Å²) in [4.78, 5) is 0. The van der Waals surface area contributed by atoms with E-state index in [-0.39, 0.29) is 0 Å². The van der Waals surface area contributed by atoms with Gasteiger partial charge >= 0.3 is 0 Å². The van der Waals surface area contributed by atoms with Crippen LogP contribution in [0, 0.1) is 5.41 Å². The summed E-state index contributed by atoms with van der Waals surface area (Å²) in [7, 11) is 0. The van der Waals surface area contributed by atoms with Gasteiger partial charge in [-0.25, -0.2) is 0 Å². The van der Waals surface area contributed by atoms with Crippen molar-refractivity contribution in [2.45, 2.75) is 27.7 Å². The van der Waals surface area contributed by atoms with Crippen molar-refractivity contribution in [2.75, 3.05) is 0 Å². The van der Waals surface area contributed by atoms with Gasteiger partial charge in [0.1, 0.15) is 0 Å². The maximum atomic E-state index is 7.16. The number of nitrogens with one attached hydrogen (secondary N) is 1. The van der Waals surface area contributed by atoms with E-state index in [1.807, 2.05) is 64.1 Å². The summed E-state index contributed by atoms with van der Waals surface area (Å²) in [5.41, 5.74) is 1.93. The monoisotopic (exact) mass is 217 g/mol. The molecule has 0 aliphatic carbocycles. The first-order chi connectivity index (χ1) is 7.88. The van der Waals surface area contributed by atoms with Gasteiger partial charge in [-0.15, -0.1) is 0 Å². The molecule has 16 heavy (non-hydrogen) atoms. The van der Waals surface area contributed by atoms with Crippen LogP contribution in [0.4, 0.5) is 0 Å². The molecule has 0 saturated heterocycles. The average Bonchev–Trinajstić information content (AvgIpc) is 2.41. The standard InChI is InChI=1S/C11H11N.2C2H6/c1-2-6-11(9-12)10-7-4-3-5-8-10;2*1-2/h2-9,12H,1H2;2*1-2H3/b11-6+,12-9?;;. The molecule has 0 aromatic heterocycles. The van der Waals surface area contributed by atoms with Crippen molar-refractivity contribution < 1.29 is 0 Å². The van der Waals surface area contributed by atoms with E-state index < -0.39 is 0 Å². The summed E-state index contributed by atoms with van der Waals surface area (Å²) in [6.45, 7) is 11.6. The van der Waals surface area contributed by atoms with Crippen LogP contribution in [0.2, 0.25) is 0 Å². The van der Waals surface area contributed by atoms with Gasteiger partial charge in [-0.3, -0.25) is 0 Å². The minimum atomic E-state index is 0.880. The highest BCUT2D eigenvalue weighted by atomic mass is 14.3. The first-order valence-electron chi connectivity index (χ1n) is 5.77. The highest BCUT2D eigenvalue weighted by molar-refractivity contribution is 6.08. The molecule has 1 rings (SSSR count). The predicted molar refractivity (Wildman–Crippen MR) is 76.1 cm³/mol. The molecule has 1 aromatic rings. The van der Waals surface area contributed by atoms with Gasteiger partial charge < -0.3 is 5.41 Å². The van der Waals surface area contributed by atoms with Crippen LogP contribution in [0.15, 0.2) is 49.1 Å². The molecule has 1 heteroatoms. The zero-order valence-electron chi connectivity index (χ0n) is 10.8. The van der Waals surface area contributed by atoms with E-state index in [9.17, 15) is 0 Å². The van der Waals surface area contributed by atoms with E-state index in [1.165, 1.54) is 6.21 Å². The smallest absolute Gasteiger partial charge is 0.0256 e. The molecule has 0 saturated carbocycles. The molecule has 0 bridgehead atoms. The lowest BCUT2D eigenvalue weighted by atomic mass is 10.1. The number of hydrogen-bond donors (Lipinski definition) is 1. The molecular weight excluding hydrogens is 194 g/mol. The molecule has 0 unspecified atom stereocenters. The average molecular weight is 217 g/mol. The molecule has 0 radical (unpaired) electrons. The number of hydrogen-bond acceptors (Lipinski definition) is 1. The van der Waals surface area contributed by atoms with Crippen molar-refractivity contribution in [3.63, 3.8) is 0 Å². The number of allylic oxidation sites excluding steroid dienone is 3. The van der Waals surface area contributed by atoms with Gasteiger partial charge in [0.15, 0.2) is 0 Å². The normalized spacial score (nSPS) is 8.88. The Morgan fingerprint density at radius 2 is 1.56 bits per heavy atom.